The zero-order chi connectivity index (χ0) is 13.2. The summed E-state index contributed by atoms with van der Waals surface area (Å²) in [6, 6.07) is 0.532. The molecule has 1 unspecified atom stereocenters. The lowest BCUT2D eigenvalue weighted by molar-refractivity contribution is -0.139. The number of aromatic nitrogens is 1. The van der Waals surface area contributed by atoms with Gasteiger partial charge in [-0.2, -0.15) is 0 Å². The van der Waals surface area contributed by atoms with Gasteiger partial charge >= 0.3 is 5.97 Å². The summed E-state index contributed by atoms with van der Waals surface area (Å²) in [4.78, 5) is 17.0. The van der Waals surface area contributed by atoms with Crippen LogP contribution in [0.5, 0.6) is 0 Å². The molecule has 19 heavy (non-hydrogen) atoms. The first-order valence-corrected chi connectivity index (χ1v) is 8.04. The minimum Gasteiger partial charge on any atom is -0.481 e. The minimum absolute atomic E-state index is 0.387. The smallest absolute Gasteiger partial charge is 0.312 e. The molecule has 0 aromatic carbocycles. The Morgan fingerprint density at radius 2 is 2.00 bits per heavy atom. The molecule has 1 heterocycles. The van der Waals surface area contributed by atoms with E-state index in [1.165, 1.54) is 37.0 Å². The molecule has 1 saturated carbocycles. The van der Waals surface area contributed by atoms with E-state index in [0.29, 0.717) is 6.04 Å². The third-order valence-electron chi connectivity index (χ3n) is 4.19. The molecular formula is C14H20N2O2S. The quantitative estimate of drug-likeness (QED) is 0.891. The van der Waals surface area contributed by atoms with E-state index in [2.05, 4.69) is 10.3 Å². The standard InChI is InChI=1S/C14H20N2O2S/c17-13(18)10-7-4-8-11-12(10)16-14(19-11)15-9-5-2-1-3-6-9/h9-10H,1-8H2,(H,15,16)(H,17,18). The van der Waals surface area contributed by atoms with Crippen molar-refractivity contribution in [2.45, 2.75) is 63.3 Å². The summed E-state index contributed by atoms with van der Waals surface area (Å²) in [6.07, 6.45) is 9.04. The molecule has 2 aliphatic rings. The topological polar surface area (TPSA) is 62.2 Å². The summed E-state index contributed by atoms with van der Waals surface area (Å²) in [5.74, 6) is -1.11. The first kappa shape index (κ1) is 12.9. The fraction of sp³-hybridized carbons (Fsp3) is 0.714. The summed E-state index contributed by atoms with van der Waals surface area (Å²) >= 11 is 1.66. The maximum atomic E-state index is 11.3. The van der Waals surface area contributed by atoms with Crippen molar-refractivity contribution in [3.05, 3.63) is 10.6 Å². The van der Waals surface area contributed by atoms with Crippen LogP contribution in [0.3, 0.4) is 0 Å². The number of anilines is 1. The first-order valence-electron chi connectivity index (χ1n) is 7.23. The van der Waals surface area contributed by atoms with Gasteiger partial charge < -0.3 is 10.4 Å². The van der Waals surface area contributed by atoms with E-state index >= 15 is 0 Å². The van der Waals surface area contributed by atoms with Crippen LogP contribution in [0.25, 0.3) is 0 Å². The average molecular weight is 280 g/mol. The summed E-state index contributed by atoms with van der Waals surface area (Å²) in [7, 11) is 0. The van der Waals surface area contributed by atoms with E-state index in [1.807, 2.05) is 0 Å². The lowest BCUT2D eigenvalue weighted by Crippen LogP contribution is -2.22. The average Bonchev–Trinajstić information content (AvgIpc) is 2.81. The molecule has 1 fully saturated rings. The number of nitrogens with zero attached hydrogens (tertiary/aromatic N) is 1. The number of aliphatic carboxylic acids is 1. The van der Waals surface area contributed by atoms with Crippen LogP contribution < -0.4 is 5.32 Å². The number of carboxylic acid groups (broad SMARTS) is 1. The second-order valence-electron chi connectivity index (χ2n) is 5.59. The second-order valence-corrected chi connectivity index (χ2v) is 6.67. The normalized spacial score (nSPS) is 23.9. The molecule has 1 atom stereocenters. The molecule has 1 aromatic rings. The van der Waals surface area contributed by atoms with Crippen LogP contribution in [0.2, 0.25) is 0 Å². The molecule has 104 valence electrons. The largest absolute Gasteiger partial charge is 0.481 e. The van der Waals surface area contributed by atoms with Gasteiger partial charge in [-0.25, -0.2) is 4.98 Å². The van der Waals surface area contributed by atoms with Crippen LogP contribution in [0, 0.1) is 0 Å². The molecule has 4 nitrogen and oxygen atoms in total. The SMILES string of the molecule is O=C(O)C1CCCc2sc(NC3CCCCC3)nc21. The van der Waals surface area contributed by atoms with Crippen molar-refractivity contribution in [2.24, 2.45) is 0 Å². The predicted molar refractivity (Wildman–Crippen MR) is 75.9 cm³/mol. The Hall–Kier alpha value is -1.10. The Morgan fingerprint density at radius 3 is 2.74 bits per heavy atom. The molecule has 1 aromatic heterocycles. The van der Waals surface area contributed by atoms with Gasteiger partial charge in [-0.1, -0.05) is 19.3 Å². The Morgan fingerprint density at radius 1 is 1.21 bits per heavy atom. The number of carbonyl (C=O) groups is 1. The van der Waals surface area contributed by atoms with Crippen LogP contribution in [0.15, 0.2) is 0 Å². The lowest BCUT2D eigenvalue weighted by atomic mass is 9.91. The van der Waals surface area contributed by atoms with E-state index in [4.69, 9.17) is 0 Å². The van der Waals surface area contributed by atoms with E-state index in [9.17, 15) is 9.90 Å². The third-order valence-corrected chi connectivity index (χ3v) is 5.25. The number of thiazole rings is 1. The molecular weight excluding hydrogens is 260 g/mol. The van der Waals surface area contributed by atoms with E-state index < -0.39 is 5.97 Å². The molecule has 0 aliphatic heterocycles. The van der Waals surface area contributed by atoms with Gasteiger partial charge in [0.15, 0.2) is 5.13 Å². The first-order chi connectivity index (χ1) is 9.24. The summed E-state index contributed by atoms with van der Waals surface area (Å²) in [5.41, 5.74) is 0.821. The second kappa shape index (κ2) is 5.49. The molecule has 2 N–H and O–H groups in total. The van der Waals surface area contributed by atoms with Crippen LogP contribution in [0.1, 0.15) is 61.4 Å². The molecule has 2 aliphatic carbocycles. The number of nitrogens with one attached hydrogen (secondary N) is 1. The van der Waals surface area contributed by atoms with Gasteiger partial charge in [0, 0.05) is 10.9 Å². The van der Waals surface area contributed by atoms with Gasteiger partial charge in [0.05, 0.1) is 5.69 Å². The van der Waals surface area contributed by atoms with Crippen LogP contribution in [0.4, 0.5) is 5.13 Å². The van der Waals surface area contributed by atoms with Gasteiger partial charge in [-0.05, 0) is 32.1 Å². The Bertz CT molecular complexity index is 466. The highest BCUT2D eigenvalue weighted by molar-refractivity contribution is 7.15. The fourth-order valence-electron chi connectivity index (χ4n) is 3.14. The van der Waals surface area contributed by atoms with Crippen molar-refractivity contribution in [1.82, 2.24) is 4.98 Å². The molecule has 0 saturated heterocycles. The molecule has 5 heteroatoms. The highest BCUT2D eigenvalue weighted by Crippen LogP contribution is 2.37. The summed E-state index contributed by atoms with van der Waals surface area (Å²) in [5, 5.41) is 13.7. The number of hydrogen-bond donors (Lipinski definition) is 2. The monoisotopic (exact) mass is 280 g/mol. The molecule has 0 spiro atoms. The molecule has 0 amide bonds. The van der Waals surface area contributed by atoms with Gasteiger partial charge in [0.25, 0.3) is 0 Å². The number of carboxylic acids is 1. The fourth-order valence-corrected chi connectivity index (χ4v) is 4.28. The minimum atomic E-state index is -0.726. The van der Waals surface area contributed by atoms with Gasteiger partial charge in [-0.15, -0.1) is 11.3 Å². The molecule has 3 rings (SSSR count). The van der Waals surface area contributed by atoms with Gasteiger partial charge in [0.2, 0.25) is 0 Å². The summed E-state index contributed by atoms with van der Waals surface area (Å²) < 4.78 is 0. The highest BCUT2D eigenvalue weighted by Gasteiger charge is 2.30. The van der Waals surface area contributed by atoms with Crippen LogP contribution in [-0.2, 0) is 11.2 Å². The zero-order valence-corrected chi connectivity index (χ0v) is 11.8. The van der Waals surface area contributed by atoms with Gasteiger partial charge in [-0.3, -0.25) is 4.79 Å². The molecule has 0 radical (unpaired) electrons. The van der Waals surface area contributed by atoms with Crippen molar-refractivity contribution in [1.29, 1.82) is 0 Å². The zero-order valence-electron chi connectivity index (χ0n) is 11.0. The predicted octanol–water partition coefficient (Wildman–Crippen LogP) is 3.39. The van der Waals surface area contributed by atoms with Crippen molar-refractivity contribution < 1.29 is 9.90 Å². The van der Waals surface area contributed by atoms with Crippen molar-refractivity contribution in [3.63, 3.8) is 0 Å². The number of aryl methyl sites for hydroxylation is 1. The van der Waals surface area contributed by atoms with Crippen LogP contribution in [-0.4, -0.2) is 22.1 Å². The van der Waals surface area contributed by atoms with Crippen molar-refractivity contribution in [3.8, 4) is 0 Å². The molecule has 0 bridgehead atoms. The number of fused-ring (bicyclic) bond motifs is 1. The maximum Gasteiger partial charge on any atom is 0.312 e. The van der Waals surface area contributed by atoms with E-state index in [-0.39, 0.29) is 5.92 Å². The lowest BCUT2D eigenvalue weighted by Gasteiger charge is -2.22. The number of hydrogen-bond acceptors (Lipinski definition) is 4. The third kappa shape index (κ3) is 2.76. The number of rotatable bonds is 3. The Kier molecular flexibility index (Phi) is 3.73. The Labute approximate surface area is 117 Å². The van der Waals surface area contributed by atoms with Crippen molar-refractivity contribution in [2.75, 3.05) is 5.32 Å². The van der Waals surface area contributed by atoms with E-state index in [0.717, 1.165) is 30.1 Å². The van der Waals surface area contributed by atoms with Crippen molar-refractivity contribution >= 4 is 22.4 Å². The van der Waals surface area contributed by atoms with E-state index in [1.54, 1.807) is 11.3 Å². The summed E-state index contributed by atoms with van der Waals surface area (Å²) in [6.45, 7) is 0. The highest BCUT2D eigenvalue weighted by atomic mass is 32.1. The Balaban J connectivity index is 1.75. The maximum absolute atomic E-state index is 11.3. The van der Waals surface area contributed by atoms with Crippen LogP contribution >= 0.6 is 11.3 Å². The van der Waals surface area contributed by atoms with Gasteiger partial charge in [0.1, 0.15) is 5.92 Å².